The van der Waals surface area contributed by atoms with Gasteiger partial charge in [0.15, 0.2) is 0 Å². The van der Waals surface area contributed by atoms with Crippen molar-refractivity contribution in [2.45, 2.75) is 116 Å². The molecule has 0 aliphatic heterocycles. The Hall–Kier alpha value is -13.5. The lowest BCUT2D eigenvalue weighted by molar-refractivity contribution is -0.135. The second kappa shape index (κ2) is 45.3. The molecule has 0 unspecified atom stereocenters. The minimum Gasteiger partial charge on any atom is -0.508 e. The van der Waals surface area contributed by atoms with Crippen molar-refractivity contribution in [2.24, 2.45) is 37.3 Å². The Morgan fingerprint density at radius 1 is 0.372 bits per heavy atom. The fourth-order valence-corrected chi connectivity index (χ4v) is 18.5. The first kappa shape index (κ1) is 93.2. The molecular formula is C96H98F3N15O10S5. The number of alkyl halides is 3. The summed E-state index contributed by atoms with van der Waals surface area (Å²) >= 11 is 7.71. The number of aromatic hydroxyl groups is 10. The van der Waals surface area contributed by atoms with E-state index in [9.17, 15) is 64.2 Å². The first-order chi connectivity index (χ1) is 62.4. The average Bonchev–Trinajstić information content (AvgIpc) is 1.64. The summed E-state index contributed by atoms with van der Waals surface area (Å²) < 4.78 is 42.8. The maximum Gasteiger partial charge on any atom is 0.389 e. The summed E-state index contributed by atoms with van der Waals surface area (Å²) in [6.07, 6.45) is 17.9. The van der Waals surface area contributed by atoms with Crippen LogP contribution >= 0.6 is 56.7 Å². The standard InChI is InChI=1S/C21H23N3O2S.C20H21N3O2S.C19H21N3O2S.C18H16F3N3O2S.C18H17N3O2S/c25-17-10-11-19(26)16(12-17)13-22-24(14-15-6-2-1-3-7-15)21-23-18-8-4-5-9-20(18)27-21;24-16-10-11-18(25)14(12-16)13-21-23(15-6-2-1-3-7-15)20-22-17-8-4-5-9-19(17)26-20;1-13(2)9-10-22(19-21-16-5-3-4-6-18(16)25-19)20-12-14-11-15(23)7-8-17(14)24;19-18(20,21)8-3-9-24(17-23-14-4-1-2-5-16(14)27-17)22-11-12-10-13(25)6-7-15(12)26;1-2-3-10-21(18-20-15-6-4-5-7-17(15)24-18)19-12-13-11-14(22)8-9-16(13)23/h4-5,8-13,15,25-26H,1-3,6-7,14H2;4-5,8-13,15,24-25H,1-3,6-7H2;3-8,11-13,23-24H,9-10H2,1-2H3;1-2,4-7,10-11,25-26H,3,8-9H2;2,4-9,11-12,22-23H,1,3,10H2/b22-13+;21-13+;20-12+;22-11+;19-12+. The maximum absolute atomic E-state index is 12.5. The monoisotopic (exact) mass is 1840 g/mol. The van der Waals surface area contributed by atoms with Gasteiger partial charge < -0.3 is 51.1 Å². The molecule has 10 N–H and O–H groups in total. The van der Waals surface area contributed by atoms with E-state index < -0.39 is 12.6 Å². The molecule has 0 radical (unpaired) electrons. The third kappa shape index (κ3) is 27.1. The van der Waals surface area contributed by atoms with Crippen LogP contribution in [0.2, 0.25) is 0 Å². The number of aromatic nitrogens is 5. The van der Waals surface area contributed by atoms with Crippen molar-refractivity contribution in [3.63, 3.8) is 0 Å². The number of para-hydroxylation sites is 5. The number of benzene rings is 10. The topological polar surface area (TPSA) is 345 Å². The predicted octanol–water partition coefficient (Wildman–Crippen LogP) is 23.6. The zero-order chi connectivity index (χ0) is 90.8. The van der Waals surface area contributed by atoms with Crippen molar-refractivity contribution < 1.29 is 64.2 Å². The number of hydrogen-bond donors (Lipinski definition) is 10. The van der Waals surface area contributed by atoms with E-state index in [-0.39, 0.29) is 76.0 Å². The van der Waals surface area contributed by atoms with Gasteiger partial charge in [0.2, 0.25) is 25.7 Å². The fourth-order valence-electron chi connectivity index (χ4n) is 13.8. The molecule has 0 atom stereocenters. The summed E-state index contributed by atoms with van der Waals surface area (Å²) in [5.41, 5.74) is 6.70. The number of hydrogen-bond acceptors (Lipinski definition) is 30. The molecule has 15 aromatic rings. The Bertz CT molecular complexity index is 6220. The second-order valence-corrected chi connectivity index (χ2v) is 35.9. The molecule has 0 spiro atoms. The van der Waals surface area contributed by atoms with Gasteiger partial charge in [0.1, 0.15) is 57.5 Å². The molecule has 0 bridgehead atoms. The highest BCUT2D eigenvalue weighted by atomic mass is 32.1. The minimum absolute atomic E-state index is 0.00933. The lowest BCUT2D eigenvalue weighted by atomic mass is 9.89. The molecule has 5 heterocycles. The SMILES string of the molecule is C=CCCN(/N=C/c1cc(O)ccc1O)c1nc2ccccc2s1.CC(C)CCN(/N=C/c1cc(O)ccc1O)c1nc2ccccc2s1.Oc1ccc(O)c(/C=N/N(CC2CCCCC2)c2nc3ccccc3s2)c1.Oc1ccc(O)c(/C=N/N(CCCC(F)(F)F)c2nc3ccccc3s2)c1.Oc1ccc(O)c(/C=N/N(c2nc3ccccc3s2)C2CCCCC2)c1. The summed E-state index contributed by atoms with van der Waals surface area (Å²) in [4.78, 5) is 23.2. The van der Waals surface area contributed by atoms with Gasteiger partial charge in [0, 0.05) is 60.4 Å². The van der Waals surface area contributed by atoms with E-state index in [0.717, 1.165) is 110 Å². The Labute approximate surface area is 763 Å². The molecule has 25 nitrogen and oxygen atoms in total. The second-order valence-electron chi connectivity index (χ2n) is 30.8. The van der Waals surface area contributed by atoms with Gasteiger partial charge >= 0.3 is 6.18 Å². The summed E-state index contributed by atoms with van der Waals surface area (Å²) in [5.74, 6) is 1.69. The first-order valence-electron chi connectivity index (χ1n) is 42.1. The highest BCUT2D eigenvalue weighted by Crippen LogP contribution is 2.39. The van der Waals surface area contributed by atoms with Crippen LogP contribution in [0.15, 0.2) is 250 Å². The van der Waals surface area contributed by atoms with Gasteiger partial charge in [0.05, 0.1) is 88.2 Å². The Morgan fingerprint density at radius 2 is 0.667 bits per heavy atom. The molecule has 0 saturated heterocycles. The van der Waals surface area contributed by atoms with Gasteiger partial charge in [-0.3, -0.25) is 0 Å². The fraction of sp³-hybridized carbons (Fsp3) is 0.250. The Morgan fingerprint density at radius 3 is 1.00 bits per heavy atom. The van der Waals surface area contributed by atoms with E-state index in [4.69, 9.17) is 9.97 Å². The summed E-state index contributed by atoms with van der Waals surface area (Å²) in [6, 6.07) is 61.3. The van der Waals surface area contributed by atoms with Gasteiger partial charge in [0.25, 0.3) is 0 Å². The van der Waals surface area contributed by atoms with E-state index in [1.165, 1.54) is 171 Å². The number of phenolic OH excluding ortho intramolecular Hbond substituents is 10. The molecule has 129 heavy (non-hydrogen) atoms. The van der Waals surface area contributed by atoms with E-state index in [1.54, 1.807) is 69.0 Å². The van der Waals surface area contributed by atoms with E-state index >= 15 is 0 Å². The molecule has 10 aromatic carbocycles. The predicted molar refractivity (Wildman–Crippen MR) is 520 cm³/mol. The molecule has 33 heteroatoms. The molecule has 2 saturated carbocycles. The van der Waals surface area contributed by atoms with Crippen LogP contribution in [0, 0.1) is 11.8 Å². The molecule has 2 aliphatic carbocycles. The van der Waals surface area contributed by atoms with Crippen molar-refractivity contribution in [3.8, 4) is 57.5 Å². The third-order valence-electron chi connectivity index (χ3n) is 20.6. The Kier molecular flexibility index (Phi) is 32.7. The van der Waals surface area contributed by atoms with Gasteiger partial charge in [-0.15, -0.1) is 6.58 Å². The molecular weight excluding hydrogens is 1740 g/mol. The molecule has 0 amide bonds. The number of hydrazone groups is 5. The average molecular weight is 1840 g/mol. The maximum atomic E-state index is 12.5. The number of rotatable bonds is 27. The van der Waals surface area contributed by atoms with Crippen molar-refractivity contribution >= 4 is 164 Å². The molecule has 668 valence electrons. The number of phenols is 10. The van der Waals surface area contributed by atoms with Crippen molar-refractivity contribution in [3.05, 3.63) is 253 Å². The number of thiazole rings is 5. The molecule has 17 rings (SSSR count). The van der Waals surface area contributed by atoms with Crippen LogP contribution in [0.5, 0.6) is 57.5 Å². The highest BCUT2D eigenvalue weighted by molar-refractivity contribution is 7.23. The van der Waals surface area contributed by atoms with Crippen LogP contribution in [0.3, 0.4) is 0 Å². The van der Waals surface area contributed by atoms with Crippen LogP contribution in [-0.4, -0.2) is 145 Å². The van der Waals surface area contributed by atoms with Crippen molar-refractivity contribution in [2.75, 3.05) is 51.2 Å². The summed E-state index contributed by atoms with van der Waals surface area (Å²) in [6.45, 7) is 10.3. The van der Waals surface area contributed by atoms with Crippen LogP contribution in [-0.2, 0) is 0 Å². The van der Waals surface area contributed by atoms with E-state index in [2.05, 4.69) is 73.0 Å². The van der Waals surface area contributed by atoms with Crippen molar-refractivity contribution in [1.82, 2.24) is 24.9 Å². The quantitative estimate of drug-likeness (QED) is 0.00989. The van der Waals surface area contributed by atoms with Gasteiger partial charge in [-0.25, -0.2) is 50.0 Å². The minimum atomic E-state index is -4.24. The zero-order valence-corrected chi connectivity index (χ0v) is 74.8. The zero-order valence-electron chi connectivity index (χ0n) is 70.7. The van der Waals surface area contributed by atoms with Crippen LogP contribution in [0.4, 0.5) is 38.8 Å². The lowest BCUT2D eigenvalue weighted by Crippen LogP contribution is -2.32. The first-order valence-corrected chi connectivity index (χ1v) is 46.1. The number of fused-ring (bicyclic) bond motifs is 5. The largest absolute Gasteiger partial charge is 0.508 e. The smallest absolute Gasteiger partial charge is 0.389 e. The van der Waals surface area contributed by atoms with E-state index in [0.29, 0.717) is 51.8 Å². The molecule has 5 aromatic heterocycles. The number of nitrogens with zero attached hydrogens (tertiary/aromatic N) is 15. The van der Waals surface area contributed by atoms with Crippen LogP contribution in [0.1, 0.15) is 132 Å². The van der Waals surface area contributed by atoms with Gasteiger partial charge in [-0.05, 0) is 208 Å². The highest BCUT2D eigenvalue weighted by Gasteiger charge is 2.29. The van der Waals surface area contributed by atoms with Crippen LogP contribution in [0.25, 0.3) is 51.1 Å². The van der Waals surface area contributed by atoms with Crippen molar-refractivity contribution in [1.29, 1.82) is 0 Å². The third-order valence-corrected chi connectivity index (χ3v) is 25.8. The summed E-state index contributed by atoms with van der Waals surface area (Å²) in [7, 11) is 0. The summed E-state index contributed by atoms with van der Waals surface area (Å²) in [5, 5.41) is 133. The van der Waals surface area contributed by atoms with Gasteiger partial charge in [-0.1, -0.05) is 176 Å². The number of halogens is 3. The van der Waals surface area contributed by atoms with E-state index in [1.807, 2.05) is 130 Å². The van der Waals surface area contributed by atoms with Crippen LogP contribution < -0.4 is 25.0 Å². The normalized spacial score (nSPS) is 13.3. The number of anilines is 5. The lowest BCUT2D eigenvalue weighted by Gasteiger charge is -2.30. The molecule has 2 aliphatic rings. The van der Waals surface area contributed by atoms with Gasteiger partial charge in [-0.2, -0.15) is 38.7 Å². The molecule has 2 fully saturated rings. The Balaban J connectivity index is 0.000000138.